The van der Waals surface area contributed by atoms with E-state index >= 15 is 0 Å². The number of para-hydroxylation sites is 1. The van der Waals surface area contributed by atoms with E-state index in [-0.39, 0.29) is 0 Å². The molecule has 1 aromatic heterocycles. The van der Waals surface area contributed by atoms with Crippen LogP contribution in [0, 0.1) is 0 Å². The fraction of sp³-hybridized carbons (Fsp3) is 0.500. The van der Waals surface area contributed by atoms with Crippen molar-refractivity contribution in [1.82, 2.24) is 15.2 Å². The first-order chi connectivity index (χ1) is 12.8. The lowest BCUT2D eigenvalue weighted by atomic mass is 9.86. The molecule has 4 rings (SSSR count). The third-order valence-corrected chi connectivity index (χ3v) is 6.20. The van der Waals surface area contributed by atoms with Gasteiger partial charge in [0, 0.05) is 36.6 Å². The lowest BCUT2D eigenvalue weighted by Gasteiger charge is -2.48. The predicted molar refractivity (Wildman–Crippen MR) is 108 cm³/mol. The van der Waals surface area contributed by atoms with E-state index < -0.39 is 0 Å². The third kappa shape index (κ3) is 3.62. The molecule has 2 aliphatic rings. The van der Waals surface area contributed by atoms with Crippen LogP contribution in [0.1, 0.15) is 32.6 Å². The first-order valence-corrected chi connectivity index (χ1v) is 9.97. The van der Waals surface area contributed by atoms with Crippen LogP contribution in [0.15, 0.2) is 54.7 Å². The molecular formula is C22H30N4. The van der Waals surface area contributed by atoms with Gasteiger partial charge in [-0.25, -0.2) is 4.98 Å². The van der Waals surface area contributed by atoms with Crippen molar-refractivity contribution in [1.29, 1.82) is 0 Å². The Morgan fingerprint density at radius 3 is 2.35 bits per heavy atom. The highest BCUT2D eigenvalue weighted by Crippen LogP contribution is 2.34. The van der Waals surface area contributed by atoms with Gasteiger partial charge in [0.15, 0.2) is 0 Å². The molecule has 2 saturated heterocycles. The third-order valence-electron chi connectivity index (χ3n) is 6.20. The summed E-state index contributed by atoms with van der Waals surface area (Å²) >= 11 is 0. The van der Waals surface area contributed by atoms with Crippen molar-refractivity contribution in [2.75, 3.05) is 31.1 Å². The van der Waals surface area contributed by atoms with Gasteiger partial charge < -0.3 is 10.2 Å². The fourth-order valence-corrected chi connectivity index (χ4v) is 4.56. The summed E-state index contributed by atoms with van der Waals surface area (Å²) in [6, 6.07) is 17.5. The average Bonchev–Trinajstić information content (AvgIpc) is 2.71. The van der Waals surface area contributed by atoms with E-state index in [0.717, 1.165) is 18.9 Å². The van der Waals surface area contributed by atoms with Crippen LogP contribution in [0.5, 0.6) is 0 Å². The molecule has 0 bridgehead atoms. The number of hydrogen-bond acceptors (Lipinski definition) is 4. The summed E-state index contributed by atoms with van der Waals surface area (Å²) in [5, 5.41) is 3.51. The van der Waals surface area contributed by atoms with Crippen LogP contribution in [-0.2, 0) is 0 Å². The molecule has 1 aromatic carbocycles. The molecule has 4 nitrogen and oxygen atoms in total. The van der Waals surface area contributed by atoms with Crippen molar-refractivity contribution in [3.8, 4) is 0 Å². The molecule has 3 heterocycles. The van der Waals surface area contributed by atoms with Gasteiger partial charge in [0.05, 0.1) is 0 Å². The summed E-state index contributed by atoms with van der Waals surface area (Å²) in [6.45, 7) is 7.12. The summed E-state index contributed by atoms with van der Waals surface area (Å²) in [6.07, 6.45) is 6.81. The Morgan fingerprint density at radius 2 is 1.69 bits per heavy atom. The molecule has 4 heteroatoms. The molecule has 0 spiro atoms. The zero-order chi connectivity index (χ0) is 17.8. The van der Waals surface area contributed by atoms with Crippen LogP contribution < -0.4 is 10.2 Å². The Balaban J connectivity index is 1.51. The predicted octanol–water partition coefficient (Wildman–Crippen LogP) is 3.83. The van der Waals surface area contributed by atoms with E-state index in [1.807, 2.05) is 12.3 Å². The largest absolute Gasteiger partial charge is 0.323 e. The molecule has 26 heavy (non-hydrogen) atoms. The summed E-state index contributed by atoms with van der Waals surface area (Å²) < 4.78 is 0. The summed E-state index contributed by atoms with van der Waals surface area (Å²) in [5.74, 6) is 1.06. The van der Waals surface area contributed by atoms with E-state index in [1.165, 1.54) is 44.5 Å². The molecule has 2 fully saturated rings. The Kier molecular flexibility index (Phi) is 5.23. The highest BCUT2D eigenvalue weighted by molar-refractivity contribution is 5.60. The molecule has 0 saturated carbocycles. The average molecular weight is 351 g/mol. The minimum absolute atomic E-state index is 0.374. The van der Waals surface area contributed by atoms with Crippen LogP contribution in [0.25, 0.3) is 0 Å². The zero-order valence-electron chi connectivity index (χ0n) is 15.8. The first-order valence-electron chi connectivity index (χ1n) is 9.97. The van der Waals surface area contributed by atoms with Gasteiger partial charge in [0.25, 0.3) is 0 Å². The fourth-order valence-electron chi connectivity index (χ4n) is 4.56. The first kappa shape index (κ1) is 17.5. The summed E-state index contributed by atoms with van der Waals surface area (Å²) in [5.41, 5.74) is 1.62. The molecule has 138 valence electrons. The quantitative estimate of drug-likeness (QED) is 0.908. The van der Waals surface area contributed by atoms with Gasteiger partial charge in [0.2, 0.25) is 0 Å². The van der Waals surface area contributed by atoms with Crippen molar-refractivity contribution in [2.24, 2.45) is 0 Å². The van der Waals surface area contributed by atoms with E-state index in [1.54, 1.807) is 0 Å². The lowest BCUT2D eigenvalue weighted by Crippen LogP contribution is -2.56. The van der Waals surface area contributed by atoms with Gasteiger partial charge in [-0.3, -0.25) is 4.90 Å². The normalized spacial score (nSPS) is 21.4. The molecule has 2 aliphatic heterocycles. The number of rotatable bonds is 4. The monoisotopic (exact) mass is 350 g/mol. The number of benzene rings is 1. The van der Waals surface area contributed by atoms with Crippen molar-refractivity contribution >= 4 is 11.5 Å². The van der Waals surface area contributed by atoms with Crippen LogP contribution in [-0.4, -0.2) is 47.6 Å². The second-order valence-corrected chi connectivity index (χ2v) is 7.86. The number of pyridine rings is 1. The number of hydrogen-bond donors (Lipinski definition) is 1. The van der Waals surface area contributed by atoms with E-state index in [0.29, 0.717) is 11.6 Å². The van der Waals surface area contributed by atoms with Crippen LogP contribution in [0.3, 0.4) is 0 Å². The standard InChI is InChI=1S/C22H30N4/c1-22(12-15-23-16-13-22)25-17-10-20(11-18-25)26(19-7-3-2-4-8-19)21-9-5-6-14-24-21/h2-9,14,20,23H,10-13,15-18H2,1H3. The van der Waals surface area contributed by atoms with Crippen molar-refractivity contribution in [3.63, 3.8) is 0 Å². The number of nitrogens with one attached hydrogen (secondary N) is 1. The van der Waals surface area contributed by atoms with Crippen molar-refractivity contribution in [3.05, 3.63) is 54.7 Å². The van der Waals surface area contributed by atoms with Crippen LogP contribution >= 0.6 is 0 Å². The highest BCUT2D eigenvalue weighted by Gasteiger charge is 2.37. The zero-order valence-corrected chi connectivity index (χ0v) is 15.8. The number of likely N-dealkylation sites (tertiary alicyclic amines) is 1. The van der Waals surface area contributed by atoms with Gasteiger partial charge in [-0.2, -0.15) is 0 Å². The minimum Gasteiger partial charge on any atom is -0.323 e. The smallest absolute Gasteiger partial charge is 0.133 e. The number of piperidine rings is 2. The van der Waals surface area contributed by atoms with Crippen molar-refractivity contribution in [2.45, 2.75) is 44.2 Å². The Hall–Kier alpha value is -1.91. The Morgan fingerprint density at radius 1 is 1.00 bits per heavy atom. The SMILES string of the molecule is CC1(N2CCC(N(c3ccccc3)c3ccccn3)CC2)CCNCC1. The summed E-state index contributed by atoms with van der Waals surface area (Å²) in [4.78, 5) is 9.85. The number of anilines is 2. The molecular weight excluding hydrogens is 320 g/mol. The minimum atomic E-state index is 0.374. The molecule has 0 atom stereocenters. The Labute approximate surface area is 157 Å². The molecule has 0 unspecified atom stereocenters. The summed E-state index contributed by atoms with van der Waals surface area (Å²) in [7, 11) is 0. The van der Waals surface area contributed by atoms with Gasteiger partial charge in [-0.05, 0) is 70.0 Å². The molecule has 0 amide bonds. The molecule has 1 N–H and O–H groups in total. The maximum Gasteiger partial charge on any atom is 0.133 e. The number of aromatic nitrogens is 1. The van der Waals surface area contributed by atoms with E-state index in [2.05, 4.69) is 69.5 Å². The second kappa shape index (κ2) is 7.77. The van der Waals surface area contributed by atoms with E-state index in [9.17, 15) is 0 Å². The number of nitrogens with zero attached hydrogens (tertiary/aromatic N) is 3. The maximum atomic E-state index is 4.66. The topological polar surface area (TPSA) is 31.4 Å². The van der Waals surface area contributed by atoms with Gasteiger partial charge in [-0.1, -0.05) is 24.3 Å². The van der Waals surface area contributed by atoms with Crippen molar-refractivity contribution < 1.29 is 0 Å². The second-order valence-electron chi connectivity index (χ2n) is 7.86. The molecule has 2 aromatic rings. The van der Waals surface area contributed by atoms with Gasteiger partial charge in [-0.15, -0.1) is 0 Å². The van der Waals surface area contributed by atoms with Gasteiger partial charge >= 0.3 is 0 Å². The van der Waals surface area contributed by atoms with E-state index in [4.69, 9.17) is 0 Å². The van der Waals surface area contributed by atoms with Crippen LogP contribution in [0.2, 0.25) is 0 Å². The highest BCUT2D eigenvalue weighted by atomic mass is 15.3. The lowest BCUT2D eigenvalue weighted by molar-refractivity contribution is 0.0493. The maximum absolute atomic E-state index is 4.66. The molecule has 0 radical (unpaired) electrons. The Bertz CT molecular complexity index is 634. The van der Waals surface area contributed by atoms with Crippen LogP contribution in [0.4, 0.5) is 11.5 Å². The molecule has 0 aliphatic carbocycles. The van der Waals surface area contributed by atoms with Gasteiger partial charge in [0.1, 0.15) is 5.82 Å².